The number of unbranched alkanes of at least 4 members (excludes halogenated alkanes) is 11. The van der Waals surface area contributed by atoms with E-state index in [2.05, 4.69) is 6.92 Å². The largest absolute Gasteiger partial charge is 0.292 e. The minimum Gasteiger partial charge on any atom is -0.292 e. The monoisotopic (exact) mass is 500 g/mol. The lowest BCUT2D eigenvalue weighted by molar-refractivity contribution is 0.0975. The van der Waals surface area contributed by atoms with E-state index < -0.39 is 0 Å². The van der Waals surface area contributed by atoms with Crippen molar-refractivity contribution in [3.63, 3.8) is 0 Å². The summed E-state index contributed by atoms with van der Waals surface area (Å²) in [5, 5.41) is 6.83. The van der Waals surface area contributed by atoms with E-state index in [0.29, 0.717) is 28.7 Å². The Morgan fingerprint density at radius 2 is 1.44 bits per heavy atom. The molecule has 0 aliphatic carbocycles. The SMILES string of the molecule is CCCCCCCCCCCCCCC(=O)c1nn(Cc2ccc(Cl)cc2Cl)c2ccccc12. The van der Waals surface area contributed by atoms with Crippen molar-refractivity contribution in [3.8, 4) is 0 Å². The highest BCUT2D eigenvalue weighted by molar-refractivity contribution is 6.35. The molecule has 0 radical (unpaired) electrons. The lowest BCUT2D eigenvalue weighted by atomic mass is 10.0. The lowest BCUT2D eigenvalue weighted by Gasteiger charge is -2.06. The topological polar surface area (TPSA) is 34.9 Å². The third-order valence-electron chi connectivity index (χ3n) is 6.51. The van der Waals surface area contributed by atoms with Gasteiger partial charge in [-0.1, -0.05) is 125 Å². The molecule has 2 aromatic carbocycles. The summed E-state index contributed by atoms with van der Waals surface area (Å²) in [6.45, 7) is 2.77. The van der Waals surface area contributed by atoms with Gasteiger partial charge in [0.2, 0.25) is 0 Å². The first kappa shape index (κ1) is 26.8. The number of para-hydroxylation sites is 1. The van der Waals surface area contributed by atoms with Crippen LogP contribution >= 0.6 is 23.2 Å². The molecule has 0 unspecified atom stereocenters. The molecule has 1 heterocycles. The number of hydrogen-bond acceptors (Lipinski definition) is 2. The first-order valence-electron chi connectivity index (χ1n) is 13.0. The minimum atomic E-state index is 0.129. The van der Waals surface area contributed by atoms with Gasteiger partial charge in [0.1, 0.15) is 5.69 Å². The van der Waals surface area contributed by atoms with Crippen molar-refractivity contribution < 1.29 is 4.79 Å². The number of rotatable bonds is 16. The zero-order valence-electron chi connectivity index (χ0n) is 20.5. The molecule has 0 fully saturated rings. The number of halogens is 2. The first-order chi connectivity index (χ1) is 16.6. The summed E-state index contributed by atoms with van der Waals surface area (Å²) in [7, 11) is 0. The molecule has 184 valence electrons. The van der Waals surface area contributed by atoms with Gasteiger partial charge >= 0.3 is 0 Å². The number of Topliss-reactive ketones (excluding diaryl/α,β-unsaturated/α-hetero) is 1. The molecule has 5 heteroatoms. The van der Waals surface area contributed by atoms with E-state index in [1.165, 1.54) is 64.2 Å². The second kappa shape index (κ2) is 14.5. The van der Waals surface area contributed by atoms with Crippen LogP contribution in [0.4, 0.5) is 0 Å². The summed E-state index contributed by atoms with van der Waals surface area (Å²) in [4.78, 5) is 13.0. The molecule has 3 rings (SSSR count). The summed E-state index contributed by atoms with van der Waals surface area (Å²) in [6.07, 6.45) is 16.0. The molecule has 0 amide bonds. The Labute approximate surface area is 214 Å². The molecule has 0 saturated heterocycles. The quantitative estimate of drug-likeness (QED) is 0.145. The Bertz CT molecular complexity index is 1040. The van der Waals surface area contributed by atoms with Gasteiger partial charge in [-0.15, -0.1) is 0 Å². The summed E-state index contributed by atoms with van der Waals surface area (Å²) in [6, 6.07) is 13.4. The number of hydrogen-bond donors (Lipinski definition) is 0. The molecule has 3 nitrogen and oxygen atoms in total. The molecule has 0 aliphatic rings. The molecular weight excluding hydrogens is 463 g/mol. The van der Waals surface area contributed by atoms with Crippen LogP contribution in [0.2, 0.25) is 10.0 Å². The molecule has 0 N–H and O–H groups in total. The Balaban J connectivity index is 1.45. The second-order valence-electron chi connectivity index (χ2n) is 9.32. The maximum absolute atomic E-state index is 13.0. The van der Waals surface area contributed by atoms with E-state index in [0.717, 1.165) is 29.3 Å². The van der Waals surface area contributed by atoms with Crippen LogP contribution in [0, 0.1) is 0 Å². The van der Waals surface area contributed by atoms with Gasteiger partial charge in [0, 0.05) is 21.9 Å². The van der Waals surface area contributed by atoms with Gasteiger partial charge in [0.05, 0.1) is 12.1 Å². The predicted molar refractivity (Wildman–Crippen MR) is 145 cm³/mol. The molecular formula is C29H38Cl2N2O. The third kappa shape index (κ3) is 8.13. The molecule has 0 bridgehead atoms. The fourth-order valence-electron chi connectivity index (χ4n) is 4.51. The van der Waals surface area contributed by atoms with E-state index in [4.69, 9.17) is 28.3 Å². The smallest absolute Gasteiger partial charge is 0.183 e. The Morgan fingerprint density at radius 1 is 0.824 bits per heavy atom. The summed E-state index contributed by atoms with van der Waals surface area (Å²) >= 11 is 12.4. The van der Waals surface area contributed by atoms with Crippen LogP contribution in [0.3, 0.4) is 0 Å². The van der Waals surface area contributed by atoms with E-state index in [-0.39, 0.29) is 5.78 Å². The standard InChI is InChI=1S/C29H38Cl2N2O/c1-2-3-4-5-6-7-8-9-10-11-12-13-18-28(34)29-25-16-14-15-17-27(25)33(32-29)22-23-19-20-24(30)21-26(23)31/h14-17,19-21H,2-13,18,22H2,1H3. The van der Waals surface area contributed by atoms with Crippen LogP contribution in [0.5, 0.6) is 0 Å². The molecule has 3 aromatic rings. The van der Waals surface area contributed by atoms with Gasteiger partial charge in [0.25, 0.3) is 0 Å². The first-order valence-corrected chi connectivity index (χ1v) is 13.8. The zero-order chi connectivity index (χ0) is 24.2. The molecule has 0 saturated carbocycles. The Morgan fingerprint density at radius 3 is 2.09 bits per heavy atom. The Kier molecular flexibility index (Phi) is 11.4. The number of carbonyl (C=O) groups excluding carboxylic acids is 1. The van der Waals surface area contributed by atoms with Crippen molar-refractivity contribution in [3.05, 3.63) is 63.8 Å². The van der Waals surface area contributed by atoms with E-state index in [1.807, 2.05) is 41.1 Å². The zero-order valence-corrected chi connectivity index (χ0v) is 22.0. The van der Waals surface area contributed by atoms with Crippen molar-refractivity contribution in [1.29, 1.82) is 0 Å². The maximum Gasteiger partial charge on any atom is 0.183 e. The minimum absolute atomic E-state index is 0.129. The van der Waals surface area contributed by atoms with Crippen LogP contribution in [-0.2, 0) is 6.54 Å². The molecule has 0 atom stereocenters. The maximum atomic E-state index is 13.0. The van der Waals surface area contributed by atoms with Gasteiger partial charge in [-0.05, 0) is 30.2 Å². The van der Waals surface area contributed by atoms with Crippen molar-refractivity contribution in [2.24, 2.45) is 0 Å². The summed E-state index contributed by atoms with van der Waals surface area (Å²) in [5.74, 6) is 0.129. The Hall–Kier alpha value is -1.84. The van der Waals surface area contributed by atoms with Crippen LogP contribution in [-0.4, -0.2) is 15.6 Å². The molecule has 1 aromatic heterocycles. The summed E-state index contributed by atoms with van der Waals surface area (Å²) in [5.41, 5.74) is 2.45. The van der Waals surface area contributed by atoms with Crippen LogP contribution in [0.15, 0.2) is 42.5 Å². The van der Waals surface area contributed by atoms with Crippen molar-refractivity contribution in [2.45, 2.75) is 96.9 Å². The third-order valence-corrected chi connectivity index (χ3v) is 7.10. The normalized spacial score (nSPS) is 11.4. The highest BCUT2D eigenvalue weighted by Gasteiger charge is 2.17. The predicted octanol–water partition coefficient (Wildman–Crippen LogP) is 9.67. The van der Waals surface area contributed by atoms with Crippen LogP contribution < -0.4 is 0 Å². The van der Waals surface area contributed by atoms with Gasteiger partial charge in [0.15, 0.2) is 5.78 Å². The molecule has 0 spiro atoms. The highest BCUT2D eigenvalue weighted by atomic mass is 35.5. The molecule has 0 aliphatic heterocycles. The van der Waals surface area contributed by atoms with E-state index in [9.17, 15) is 4.79 Å². The number of carbonyl (C=O) groups is 1. The van der Waals surface area contributed by atoms with Gasteiger partial charge < -0.3 is 0 Å². The van der Waals surface area contributed by atoms with E-state index in [1.54, 1.807) is 6.07 Å². The van der Waals surface area contributed by atoms with Crippen molar-refractivity contribution in [1.82, 2.24) is 9.78 Å². The van der Waals surface area contributed by atoms with Gasteiger partial charge in [-0.3, -0.25) is 9.48 Å². The van der Waals surface area contributed by atoms with E-state index >= 15 is 0 Å². The highest BCUT2D eigenvalue weighted by Crippen LogP contribution is 2.25. The van der Waals surface area contributed by atoms with Gasteiger partial charge in [-0.25, -0.2) is 0 Å². The number of fused-ring (bicyclic) bond motifs is 1. The number of benzene rings is 2. The fraction of sp³-hybridized carbons (Fsp3) is 0.517. The van der Waals surface area contributed by atoms with Crippen LogP contribution in [0.25, 0.3) is 10.9 Å². The number of aromatic nitrogens is 2. The number of ketones is 1. The van der Waals surface area contributed by atoms with Gasteiger partial charge in [-0.2, -0.15) is 5.10 Å². The van der Waals surface area contributed by atoms with Crippen molar-refractivity contribution in [2.75, 3.05) is 0 Å². The van der Waals surface area contributed by atoms with Crippen molar-refractivity contribution >= 4 is 39.9 Å². The summed E-state index contributed by atoms with van der Waals surface area (Å²) < 4.78 is 1.87. The van der Waals surface area contributed by atoms with Crippen LogP contribution in [0.1, 0.15) is 106 Å². The second-order valence-corrected chi connectivity index (χ2v) is 10.2. The fourth-order valence-corrected chi connectivity index (χ4v) is 4.98. The average molecular weight is 502 g/mol. The lowest BCUT2D eigenvalue weighted by Crippen LogP contribution is -2.05. The number of nitrogens with zero attached hydrogens (tertiary/aromatic N) is 2. The average Bonchev–Trinajstić information content (AvgIpc) is 3.20. The molecule has 34 heavy (non-hydrogen) atoms.